The second kappa shape index (κ2) is 22.9. The summed E-state index contributed by atoms with van der Waals surface area (Å²) in [5.74, 6) is 0.160. The molecule has 32 heteroatoms. The van der Waals surface area contributed by atoms with E-state index < -0.39 is 62.3 Å². The van der Waals surface area contributed by atoms with Gasteiger partial charge in [0.15, 0.2) is 0 Å². The van der Waals surface area contributed by atoms with Gasteiger partial charge in [-0.1, -0.05) is 24.3 Å². The summed E-state index contributed by atoms with van der Waals surface area (Å²) in [7, 11) is -14.5. The molecular weight excluding hydrogens is 1010 g/mol. The normalized spacial score (nSPS) is 11.7. The van der Waals surface area contributed by atoms with Crippen molar-refractivity contribution >= 4 is 117 Å². The molecule has 354 valence electrons. The molecule has 67 heavy (non-hydrogen) atoms. The number of aliphatic hydroxyl groups excluding tert-OH is 1. The molecule has 0 unspecified atom stereocenters. The molecule has 0 aliphatic rings. The molecule has 0 aliphatic heterocycles. The van der Waals surface area contributed by atoms with Crippen molar-refractivity contribution in [2.45, 2.75) is 27.5 Å². The van der Waals surface area contributed by atoms with E-state index in [1.54, 1.807) is 6.07 Å². The van der Waals surface area contributed by atoms with Crippen LogP contribution in [-0.2, 0) is 64.3 Å². The van der Waals surface area contributed by atoms with Crippen LogP contribution in [0.1, 0.15) is 22.8 Å². The van der Waals surface area contributed by atoms with Crippen LogP contribution >= 0.6 is 23.2 Å². The summed E-state index contributed by atoms with van der Waals surface area (Å²) < 4.78 is 125. The number of aromatic nitrogens is 6. The van der Waals surface area contributed by atoms with E-state index in [4.69, 9.17) is 51.7 Å². The largest absolute Gasteiger partial charge is 0.394 e. The minimum atomic E-state index is -4.93. The van der Waals surface area contributed by atoms with E-state index in [0.717, 1.165) is 24.3 Å². The van der Waals surface area contributed by atoms with E-state index in [-0.39, 0.29) is 101 Å². The summed E-state index contributed by atoms with van der Waals surface area (Å²) in [6, 6.07) is 14.1. The monoisotopic (exact) mass is 1040 g/mol. The predicted molar refractivity (Wildman–Crippen MR) is 238 cm³/mol. The van der Waals surface area contributed by atoms with E-state index in [9.17, 15) is 38.9 Å². The van der Waals surface area contributed by atoms with E-state index in [1.807, 2.05) is 0 Å². The fourth-order valence-electron chi connectivity index (χ4n) is 5.81. The molecule has 6 rings (SSSR count). The lowest BCUT2D eigenvalue weighted by atomic mass is 10.1. The SMILES string of the molecule is N=CONc1cc(Cc2nc(Cl)nc(Cc3ccc(S(=O)(=O)O)c(Nc4nc(Cl)nc(NCCOCCO)n4)c3)n2)ccc1N=Nc1cc2c(S(=O)(=O)O)cccc2cc1S(=O)(=O)O.O=S=O. The Balaban J connectivity index is 0.00000273. The highest BCUT2D eigenvalue weighted by Crippen LogP contribution is 2.36. The van der Waals surface area contributed by atoms with Crippen LogP contribution in [0.25, 0.3) is 10.8 Å². The molecule has 26 nitrogen and oxygen atoms in total. The number of aliphatic hydroxyl groups is 1. The van der Waals surface area contributed by atoms with Crippen LogP contribution in [0.4, 0.5) is 34.6 Å². The highest BCUT2D eigenvalue weighted by molar-refractivity contribution is 7.86. The maximum atomic E-state index is 12.3. The van der Waals surface area contributed by atoms with Crippen molar-refractivity contribution in [1.82, 2.24) is 29.9 Å². The first kappa shape index (κ1) is 51.7. The van der Waals surface area contributed by atoms with E-state index in [2.05, 4.69) is 56.2 Å². The molecule has 0 radical (unpaired) electrons. The average Bonchev–Trinajstić information content (AvgIpc) is 3.23. The molecule has 0 aliphatic carbocycles. The first-order valence-electron chi connectivity index (χ1n) is 18.2. The fourth-order valence-corrected chi connectivity index (χ4v) is 8.14. The number of fused-ring (bicyclic) bond motifs is 1. The van der Waals surface area contributed by atoms with Crippen molar-refractivity contribution in [2.75, 3.05) is 42.5 Å². The van der Waals surface area contributed by atoms with Crippen molar-refractivity contribution < 1.29 is 62.0 Å². The van der Waals surface area contributed by atoms with Crippen LogP contribution in [0.5, 0.6) is 0 Å². The lowest BCUT2D eigenvalue weighted by molar-refractivity contribution is 0.0991. The van der Waals surface area contributed by atoms with Crippen LogP contribution in [0.15, 0.2) is 91.6 Å². The quantitative estimate of drug-likeness (QED) is 0.0132. The number of rotatable bonds is 20. The van der Waals surface area contributed by atoms with Crippen LogP contribution in [0, 0.1) is 5.41 Å². The molecule has 8 N–H and O–H groups in total. The highest BCUT2D eigenvalue weighted by atomic mass is 35.5. The third kappa shape index (κ3) is 14.8. The maximum Gasteiger partial charge on any atom is 0.335 e. The zero-order valence-corrected chi connectivity index (χ0v) is 38.3. The van der Waals surface area contributed by atoms with Crippen molar-refractivity contribution in [3.8, 4) is 0 Å². The smallest absolute Gasteiger partial charge is 0.335 e. The van der Waals surface area contributed by atoms with Crippen LogP contribution in [0.2, 0.25) is 10.6 Å². The number of hydrogen-bond acceptors (Lipinski definition) is 23. The molecule has 2 heterocycles. The van der Waals surface area contributed by atoms with Crippen molar-refractivity contribution in [1.29, 1.82) is 5.41 Å². The summed E-state index contributed by atoms with van der Waals surface area (Å²) in [6.45, 7) is 0.406. The molecule has 0 saturated heterocycles. The molecule has 0 bridgehead atoms. The number of ether oxygens (including phenoxy) is 1. The highest BCUT2D eigenvalue weighted by Gasteiger charge is 2.22. The van der Waals surface area contributed by atoms with Crippen molar-refractivity contribution in [3.05, 3.63) is 100 Å². The molecule has 0 fully saturated rings. The van der Waals surface area contributed by atoms with Gasteiger partial charge in [0.2, 0.25) is 28.9 Å². The molecule has 0 atom stereocenters. The summed E-state index contributed by atoms with van der Waals surface area (Å²) in [5, 5.41) is 29.3. The number of benzene rings is 4. The van der Waals surface area contributed by atoms with Gasteiger partial charge in [-0.25, -0.2) is 20.4 Å². The molecule has 4 aromatic carbocycles. The van der Waals surface area contributed by atoms with Gasteiger partial charge in [0.05, 0.1) is 31.2 Å². The van der Waals surface area contributed by atoms with Gasteiger partial charge in [0, 0.05) is 24.8 Å². The zero-order valence-electron chi connectivity index (χ0n) is 33.5. The second-order valence-electron chi connectivity index (χ2n) is 12.9. The van der Waals surface area contributed by atoms with Gasteiger partial charge in [-0.3, -0.25) is 19.1 Å². The number of nitrogens with zero attached hydrogens (tertiary/aromatic N) is 8. The lowest BCUT2D eigenvalue weighted by Gasteiger charge is -2.13. The fraction of sp³-hybridized carbons (Fsp3) is 0.171. The first-order valence-corrected chi connectivity index (χ1v) is 24.0. The van der Waals surface area contributed by atoms with Crippen LogP contribution in [-0.4, -0.2) is 115 Å². The first-order chi connectivity index (χ1) is 31.7. The number of nitrogens with one attached hydrogen (secondary N) is 4. The summed E-state index contributed by atoms with van der Waals surface area (Å²) in [6.07, 6.45) is 0.555. The molecule has 2 aromatic heterocycles. The topological polar surface area (TPSA) is 398 Å². The van der Waals surface area contributed by atoms with Gasteiger partial charge in [-0.2, -0.15) is 48.6 Å². The number of azo groups is 1. The molecular formula is C35H32Cl2N12O14S4. The van der Waals surface area contributed by atoms with Gasteiger partial charge >= 0.3 is 11.6 Å². The van der Waals surface area contributed by atoms with Gasteiger partial charge in [0.1, 0.15) is 37.7 Å². The Labute approximate surface area is 392 Å². The Morgan fingerprint density at radius 3 is 1.91 bits per heavy atom. The summed E-state index contributed by atoms with van der Waals surface area (Å²) in [5.41, 5.74) is 2.92. The minimum Gasteiger partial charge on any atom is -0.394 e. The van der Waals surface area contributed by atoms with E-state index in [1.165, 1.54) is 36.4 Å². The predicted octanol–water partition coefficient (Wildman–Crippen LogP) is 4.30. The molecule has 0 spiro atoms. The third-order valence-electron chi connectivity index (χ3n) is 8.40. The maximum absolute atomic E-state index is 12.3. The number of halogens is 2. The second-order valence-corrected chi connectivity index (χ2v) is 17.9. The van der Waals surface area contributed by atoms with Crippen LogP contribution in [0.3, 0.4) is 0 Å². The number of hydrogen-bond donors (Lipinski definition) is 8. The molecule has 0 amide bonds. The van der Waals surface area contributed by atoms with Gasteiger partial charge in [0.25, 0.3) is 30.4 Å². The Morgan fingerprint density at radius 1 is 0.687 bits per heavy atom. The molecule has 6 aromatic rings. The third-order valence-corrected chi connectivity index (χ3v) is 11.4. The number of anilines is 4. The zero-order chi connectivity index (χ0) is 48.9. The van der Waals surface area contributed by atoms with E-state index in [0.29, 0.717) is 17.5 Å². The van der Waals surface area contributed by atoms with Gasteiger partial charge < -0.3 is 25.3 Å². The standard InChI is InChI=1S/C35H32Cl2N12O12S3.O2S/c36-32-42-30(41-31(43-32)15-20-5-7-28(63(54,55)56)25(13-20)40-35-45-33(37)44-34(46-35)39-8-10-60-11-9-50)14-19-4-6-23(24(12-19)49-61-18-38)47-48-26-17-22-21(16-29(26)64(57,58)59)2-1-3-27(22)62(51,52)53;1-3-2/h1-7,12-13,16-18,38,49-50H,8-11,14-15H2,(H,51,52,53)(H,54,55,56)(H,57,58,59)(H2,39,40,44,45,46);. The summed E-state index contributed by atoms with van der Waals surface area (Å²) in [4.78, 5) is 28.2. The Kier molecular flexibility index (Phi) is 17.7. The lowest BCUT2D eigenvalue weighted by Crippen LogP contribution is -2.14. The summed E-state index contributed by atoms with van der Waals surface area (Å²) >= 11 is 11.6. The van der Waals surface area contributed by atoms with Crippen molar-refractivity contribution in [3.63, 3.8) is 0 Å². The van der Waals surface area contributed by atoms with E-state index >= 15 is 0 Å². The Morgan fingerprint density at radius 2 is 1.28 bits per heavy atom. The minimum absolute atomic E-state index is 0.0120. The Bertz CT molecular complexity index is 3230. The Hall–Kier alpha value is -6.32. The van der Waals surface area contributed by atoms with Crippen LogP contribution < -0.4 is 16.1 Å². The molecule has 0 saturated carbocycles. The van der Waals surface area contributed by atoms with Gasteiger partial charge in [-0.15, -0.1) is 10.2 Å². The average molecular weight is 1040 g/mol. The van der Waals surface area contributed by atoms with Crippen molar-refractivity contribution in [2.24, 2.45) is 10.2 Å². The van der Waals surface area contributed by atoms with Gasteiger partial charge in [-0.05, 0) is 82.2 Å².